The number of phosphoric acid groups is 1. The largest absolute Gasteiger partial charge is 0.472 e. The predicted molar refractivity (Wildman–Crippen MR) is 238 cm³/mol. The summed E-state index contributed by atoms with van der Waals surface area (Å²) in [5, 5.41) is 19.2. The van der Waals surface area contributed by atoms with Gasteiger partial charge in [0.1, 0.15) is 12.2 Å². The number of allylic oxidation sites excluding steroid dienone is 2. The number of ether oxygens (including phenoxy) is 2. The highest BCUT2D eigenvalue weighted by Crippen LogP contribution is 2.43. The lowest BCUT2D eigenvalue weighted by Crippen LogP contribution is -2.28. The number of rotatable bonds is 46. The first kappa shape index (κ1) is 56.7. The van der Waals surface area contributed by atoms with Crippen LogP contribution in [0.3, 0.4) is 0 Å². The molecule has 0 saturated heterocycles. The first-order chi connectivity index (χ1) is 28.3. The van der Waals surface area contributed by atoms with E-state index in [1.54, 1.807) is 0 Å². The highest BCUT2D eigenvalue weighted by Gasteiger charge is 2.27. The molecule has 3 atom stereocenters. The number of hydrogen-bond acceptors (Lipinski definition) is 9. The van der Waals surface area contributed by atoms with E-state index in [9.17, 15) is 29.3 Å². The Balaban J connectivity index is 3.84. The molecule has 0 aliphatic heterocycles. The monoisotopic (exact) mass is 847 g/mol. The van der Waals surface area contributed by atoms with Gasteiger partial charge < -0.3 is 24.6 Å². The number of carbonyl (C=O) groups excluding carboxylic acids is 2. The van der Waals surface area contributed by atoms with Crippen molar-refractivity contribution in [3.05, 3.63) is 12.2 Å². The summed E-state index contributed by atoms with van der Waals surface area (Å²) in [6.45, 7) is 2.24. The van der Waals surface area contributed by atoms with Crippen molar-refractivity contribution >= 4 is 19.8 Å². The van der Waals surface area contributed by atoms with Gasteiger partial charge in [0, 0.05) is 12.8 Å². The van der Waals surface area contributed by atoms with Crippen LogP contribution in [0.4, 0.5) is 0 Å². The highest BCUT2D eigenvalue weighted by molar-refractivity contribution is 7.47. The fraction of sp³-hybridized carbons (Fsp3) is 0.915. The number of phosphoric ester groups is 1. The van der Waals surface area contributed by atoms with Gasteiger partial charge in [-0.15, -0.1) is 0 Å². The van der Waals surface area contributed by atoms with Crippen LogP contribution in [0, 0.1) is 0 Å². The Morgan fingerprint density at radius 1 is 0.448 bits per heavy atom. The molecule has 344 valence electrons. The fourth-order valence-electron chi connectivity index (χ4n) is 6.99. The molecule has 10 nitrogen and oxygen atoms in total. The zero-order valence-electron chi connectivity index (χ0n) is 37.5. The summed E-state index contributed by atoms with van der Waals surface area (Å²) in [5.41, 5.74) is 0. The predicted octanol–water partition coefficient (Wildman–Crippen LogP) is 13.2. The minimum atomic E-state index is -4.64. The highest BCUT2D eigenvalue weighted by atomic mass is 31.2. The minimum Gasteiger partial charge on any atom is -0.457 e. The van der Waals surface area contributed by atoms with E-state index >= 15 is 0 Å². The third kappa shape index (κ3) is 41.4. The summed E-state index contributed by atoms with van der Waals surface area (Å²) in [4.78, 5) is 34.6. The van der Waals surface area contributed by atoms with E-state index in [0.29, 0.717) is 12.8 Å². The zero-order valence-corrected chi connectivity index (χ0v) is 38.4. The molecule has 0 aliphatic carbocycles. The second-order valence-electron chi connectivity index (χ2n) is 16.5. The summed E-state index contributed by atoms with van der Waals surface area (Å²) in [5.74, 6) is -1.02. The van der Waals surface area contributed by atoms with Crippen LogP contribution in [0.25, 0.3) is 0 Å². The van der Waals surface area contributed by atoms with Crippen LogP contribution in [0.2, 0.25) is 0 Å². The molecule has 0 heterocycles. The normalized spacial score (nSPS) is 13.8. The van der Waals surface area contributed by atoms with Gasteiger partial charge in [-0.3, -0.25) is 18.6 Å². The van der Waals surface area contributed by atoms with E-state index in [-0.39, 0.29) is 12.8 Å². The molecule has 0 spiro atoms. The first-order valence-electron chi connectivity index (χ1n) is 24.1. The van der Waals surface area contributed by atoms with Gasteiger partial charge in [0.2, 0.25) is 0 Å². The van der Waals surface area contributed by atoms with E-state index < -0.39 is 58.4 Å². The Morgan fingerprint density at radius 2 is 0.707 bits per heavy atom. The summed E-state index contributed by atoms with van der Waals surface area (Å²) in [6, 6.07) is 0. The molecular formula is C47H91O10P. The molecule has 11 heteroatoms. The molecular weight excluding hydrogens is 755 g/mol. The average molecular weight is 847 g/mol. The van der Waals surface area contributed by atoms with Crippen LogP contribution in [-0.4, -0.2) is 65.7 Å². The van der Waals surface area contributed by atoms with Gasteiger partial charge in [-0.05, 0) is 38.5 Å². The molecule has 0 aromatic heterocycles. The van der Waals surface area contributed by atoms with E-state index in [0.717, 1.165) is 57.8 Å². The summed E-state index contributed by atoms with van der Waals surface area (Å²) in [6.07, 6.45) is 43.3. The molecule has 3 unspecified atom stereocenters. The van der Waals surface area contributed by atoms with Crippen molar-refractivity contribution < 1.29 is 47.8 Å². The van der Waals surface area contributed by atoms with E-state index in [1.165, 1.54) is 141 Å². The lowest BCUT2D eigenvalue weighted by molar-refractivity contribution is -0.153. The number of unbranched alkanes of at least 4 members (excludes halogenated alkanes) is 30. The average Bonchev–Trinajstić information content (AvgIpc) is 3.21. The Hall–Kier alpha value is -1.29. The van der Waals surface area contributed by atoms with Crippen LogP contribution in [0.1, 0.15) is 239 Å². The number of hydrogen-bond donors (Lipinski definition) is 3. The molecule has 0 bridgehead atoms. The lowest BCUT2D eigenvalue weighted by Gasteiger charge is -2.20. The Kier molecular flexibility index (Phi) is 42.8. The Bertz CT molecular complexity index is 977. The summed E-state index contributed by atoms with van der Waals surface area (Å²) < 4.78 is 32.6. The molecule has 0 fully saturated rings. The van der Waals surface area contributed by atoms with Gasteiger partial charge in [0.25, 0.3) is 0 Å². The molecule has 0 aliphatic rings. The fourth-order valence-corrected chi connectivity index (χ4v) is 7.78. The second-order valence-corrected chi connectivity index (χ2v) is 17.9. The topological polar surface area (TPSA) is 149 Å². The maximum Gasteiger partial charge on any atom is 0.472 e. The lowest BCUT2D eigenvalue weighted by atomic mass is 10.0. The van der Waals surface area contributed by atoms with Crippen LogP contribution in [0.5, 0.6) is 0 Å². The minimum absolute atomic E-state index is 0.186. The molecule has 0 rings (SSSR count). The quantitative estimate of drug-likeness (QED) is 0.0234. The number of aliphatic hydroxyl groups is 2. The third-order valence-electron chi connectivity index (χ3n) is 10.7. The van der Waals surface area contributed by atoms with Crippen molar-refractivity contribution in [3.8, 4) is 0 Å². The van der Waals surface area contributed by atoms with Crippen molar-refractivity contribution in [2.75, 3.05) is 26.4 Å². The van der Waals surface area contributed by atoms with Gasteiger partial charge in [-0.2, -0.15) is 0 Å². The smallest absolute Gasteiger partial charge is 0.457 e. The van der Waals surface area contributed by atoms with Crippen molar-refractivity contribution in [1.82, 2.24) is 0 Å². The van der Waals surface area contributed by atoms with Gasteiger partial charge in [-0.1, -0.05) is 199 Å². The van der Waals surface area contributed by atoms with E-state index in [2.05, 4.69) is 26.0 Å². The molecule has 58 heavy (non-hydrogen) atoms. The Morgan fingerprint density at radius 3 is 0.983 bits per heavy atom. The Labute approximate surface area is 356 Å². The van der Waals surface area contributed by atoms with Crippen LogP contribution in [-0.2, 0) is 32.7 Å². The van der Waals surface area contributed by atoms with Crippen molar-refractivity contribution in [2.24, 2.45) is 0 Å². The van der Waals surface area contributed by atoms with Crippen molar-refractivity contribution in [3.63, 3.8) is 0 Å². The third-order valence-corrected chi connectivity index (χ3v) is 11.7. The molecule has 0 aromatic carbocycles. The molecule has 0 radical (unpaired) electrons. The molecule has 3 N–H and O–H groups in total. The number of esters is 2. The standard InChI is InChI=1S/C47H91O10P/c1-3-5-7-9-11-13-15-17-19-20-21-22-23-25-27-29-31-33-35-37-39-47(51)57-45(41-49)43-55-58(52,53)54-42-44(40-48)56-46(50)38-36-34-32-30-28-26-24-18-16-14-12-10-8-6-4-2/h18,24,44-45,48-49H,3-17,19-23,25-43H2,1-2H3,(H,52,53)/b24-18-. The molecule has 0 saturated carbocycles. The zero-order chi connectivity index (χ0) is 42.6. The summed E-state index contributed by atoms with van der Waals surface area (Å²) >= 11 is 0. The molecule has 0 amide bonds. The second kappa shape index (κ2) is 43.8. The van der Waals surface area contributed by atoms with Gasteiger partial charge >= 0.3 is 19.8 Å². The first-order valence-corrected chi connectivity index (χ1v) is 25.6. The maximum absolute atomic E-state index is 12.4. The van der Waals surface area contributed by atoms with Gasteiger partial charge in [0.05, 0.1) is 26.4 Å². The number of carbonyl (C=O) groups is 2. The number of aliphatic hydroxyl groups excluding tert-OH is 2. The molecule has 0 aromatic rings. The van der Waals surface area contributed by atoms with Crippen molar-refractivity contribution in [2.45, 2.75) is 251 Å². The van der Waals surface area contributed by atoms with E-state index in [4.69, 9.17) is 18.5 Å². The van der Waals surface area contributed by atoms with Gasteiger partial charge in [-0.25, -0.2) is 4.57 Å². The van der Waals surface area contributed by atoms with Gasteiger partial charge in [0.15, 0.2) is 0 Å². The van der Waals surface area contributed by atoms with Crippen LogP contribution < -0.4 is 0 Å². The summed E-state index contributed by atoms with van der Waals surface area (Å²) in [7, 11) is -4.64. The van der Waals surface area contributed by atoms with E-state index in [1.807, 2.05) is 0 Å². The maximum atomic E-state index is 12.4. The SMILES string of the molecule is CCCCCCCC/C=C\CCCCCCCC(=O)OC(CO)COP(=O)(O)OCC(CO)OC(=O)CCCCCCCCCCCCCCCCCCCCCC. The van der Waals surface area contributed by atoms with Crippen LogP contribution in [0.15, 0.2) is 12.2 Å². The van der Waals surface area contributed by atoms with Crippen LogP contribution >= 0.6 is 7.82 Å². The van der Waals surface area contributed by atoms with Crippen molar-refractivity contribution in [1.29, 1.82) is 0 Å².